The van der Waals surface area contributed by atoms with Gasteiger partial charge in [-0.1, -0.05) is 26.0 Å². The topological polar surface area (TPSA) is 66.1 Å². The summed E-state index contributed by atoms with van der Waals surface area (Å²) in [6.07, 6.45) is 0. The van der Waals surface area contributed by atoms with Gasteiger partial charge in [-0.2, -0.15) is 0 Å². The average Bonchev–Trinajstić information content (AvgIpc) is 2.73. The summed E-state index contributed by atoms with van der Waals surface area (Å²) in [7, 11) is 3.44. The van der Waals surface area contributed by atoms with Crippen LogP contribution in [0.15, 0.2) is 58.1 Å². The van der Waals surface area contributed by atoms with Crippen LogP contribution >= 0.6 is 0 Å². The fourth-order valence-electron chi connectivity index (χ4n) is 3.69. The third-order valence-electron chi connectivity index (χ3n) is 5.10. The van der Waals surface area contributed by atoms with Gasteiger partial charge in [0.2, 0.25) is 5.43 Å². The molecule has 148 valence electrons. The molecule has 0 N–H and O–H groups in total. The number of pyridine rings is 1. The maximum Gasteiger partial charge on any atom is 0.267 e. The molecule has 2 heterocycles. The van der Waals surface area contributed by atoms with Gasteiger partial charge in [0.1, 0.15) is 17.0 Å². The van der Waals surface area contributed by atoms with Crippen molar-refractivity contribution in [3.63, 3.8) is 0 Å². The summed E-state index contributed by atoms with van der Waals surface area (Å²) in [5.74, 6) is 1.49. The minimum atomic E-state index is -0.305. The van der Waals surface area contributed by atoms with Crippen molar-refractivity contribution in [2.75, 3.05) is 7.11 Å². The maximum absolute atomic E-state index is 13.5. The van der Waals surface area contributed by atoms with E-state index in [4.69, 9.17) is 9.72 Å². The van der Waals surface area contributed by atoms with Crippen LogP contribution in [0.2, 0.25) is 0 Å². The number of rotatable bonds is 4. The molecule has 6 nitrogen and oxygen atoms in total. The zero-order valence-electron chi connectivity index (χ0n) is 17.0. The van der Waals surface area contributed by atoms with E-state index in [0.717, 1.165) is 16.8 Å². The van der Waals surface area contributed by atoms with Crippen LogP contribution in [0.4, 0.5) is 0 Å². The molecule has 4 aromatic rings. The molecule has 4 rings (SSSR count). The van der Waals surface area contributed by atoms with Crippen molar-refractivity contribution in [2.24, 2.45) is 13.0 Å². The predicted molar refractivity (Wildman–Crippen MR) is 116 cm³/mol. The molecule has 0 spiro atoms. The highest BCUT2D eigenvalue weighted by molar-refractivity contribution is 5.91. The number of fused-ring (bicyclic) bond motifs is 2. The van der Waals surface area contributed by atoms with E-state index < -0.39 is 0 Å². The fraction of sp³-hybridized carbons (Fsp3) is 0.261. The number of nitrogens with zero attached hydrogens (tertiary/aromatic N) is 3. The van der Waals surface area contributed by atoms with Gasteiger partial charge in [-0.3, -0.25) is 14.2 Å². The van der Waals surface area contributed by atoms with Crippen molar-refractivity contribution in [3.8, 4) is 17.1 Å². The number of hydrogen-bond donors (Lipinski definition) is 0. The number of para-hydroxylation sites is 1. The zero-order valence-corrected chi connectivity index (χ0v) is 17.0. The van der Waals surface area contributed by atoms with E-state index in [0.29, 0.717) is 23.4 Å². The fourth-order valence-corrected chi connectivity index (χ4v) is 3.69. The summed E-state index contributed by atoms with van der Waals surface area (Å²) in [4.78, 5) is 31.4. The molecule has 0 aliphatic rings. The third-order valence-corrected chi connectivity index (χ3v) is 5.10. The van der Waals surface area contributed by atoms with Gasteiger partial charge in [0, 0.05) is 24.5 Å². The smallest absolute Gasteiger partial charge is 0.267 e. The van der Waals surface area contributed by atoms with E-state index in [9.17, 15) is 9.59 Å². The standard InChI is InChI=1S/C23H23N3O3/c1-14(2)13-26-21(15-9-11-16(29-4)12-10-15)24-22-19(23(26)28)20(27)17-7-5-6-8-18(17)25(22)3/h5-12,14H,13H2,1-4H3. The van der Waals surface area contributed by atoms with E-state index in [-0.39, 0.29) is 22.3 Å². The minimum Gasteiger partial charge on any atom is -0.497 e. The van der Waals surface area contributed by atoms with Crippen LogP contribution in [-0.2, 0) is 13.6 Å². The quantitative estimate of drug-likeness (QED) is 0.501. The summed E-state index contributed by atoms with van der Waals surface area (Å²) in [5.41, 5.74) is 1.36. The van der Waals surface area contributed by atoms with Gasteiger partial charge in [-0.15, -0.1) is 0 Å². The number of benzene rings is 2. The molecule has 2 aromatic heterocycles. The van der Waals surface area contributed by atoms with Crippen molar-refractivity contribution in [3.05, 3.63) is 69.1 Å². The van der Waals surface area contributed by atoms with Crippen LogP contribution in [0, 0.1) is 5.92 Å². The van der Waals surface area contributed by atoms with E-state index in [1.807, 2.05) is 61.9 Å². The van der Waals surface area contributed by atoms with Gasteiger partial charge in [-0.05, 0) is 42.3 Å². The van der Waals surface area contributed by atoms with Crippen LogP contribution in [0.3, 0.4) is 0 Å². The highest BCUT2D eigenvalue weighted by atomic mass is 16.5. The van der Waals surface area contributed by atoms with Gasteiger partial charge >= 0.3 is 0 Å². The van der Waals surface area contributed by atoms with Crippen molar-refractivity contribution < 1.29 is 4.74 Å². The molecule has 0 saturated carbocycles. The molecule has 6 heteroatoms. The lowest BCUT2D eigenvalue weighted by molar-refractivity contribution is 0.415. The Morgan fingerprint density at radius 1 is 1.03 bits per heavy atom. The summed E-state index contributed by atoms with van der Waals surface area (Å²) in [6.45, 7) is 4.54. The van der Waals surface area contributed by atoms with Crippen LogP contribution in [0.5, 0.6) is 5.75 Å². The Balaban J connectivity index is 2.14. The van der Waals surface area contributed by atoms with Gasteiger partial charge in [0.25, 0.3) is 5.56 Å². The lowest BCUT2D eigenvalue weighted by Gasteiger charge is -2.17. The van der Waals surface area contributed by atoms with Crippen molar-refractivity contribution >= 4 is 21.9 Å². The summed E-state index contributed by atoms with van der Waals surface area (Å²) < 4.78 is 8.68. The molecule has 0 aliphatic carbocycles. The zero-order chi connectivity index (χ0) is 20.7. The lowest BCUT2D eigenvalue weighted by Crippen LogP contribution is -2.30. The Kier molecular flexibility index (Phi) is 4.70. The molecule has 29 heavy (non-hydrogen) atoms. The second-order valence-corrected chi connectivity index (χ2v) is 7.58. The minimum absolute atomic E-state index is 0.129. The molecule has 2 aromatic carbocycles. The second kappa shape index (κ2) is 7.20. The lowest BCUT2D eigenvalue weighted by atomic mass is 10.1. The number of hydrogen-bond acceptors (Lipinski definition) is 4. The normalized spacial score (nSPS) is 11.5. The second-order valence-electron chi connectivity index (χ2n) is 7.58. The SMILES string of the molecule is COc1ccc(-c2nc3c(c(=O)c4ccccc4n3C)c(=O)n2CC(C)C)cc1. The Morgan fingerprint density at radius 2 is 1.72 bits per heavy atom. The van der Waals surface area contributed by atoms with E-state index in [1.165, 1.54) is 0 Å². The van der Waals surface area contributed by atoms with E-state index in [1.54, 1.807) is 23.8 Å². The first-order chi connectivity index (χ1) is 13.9. The van der Waals surface area contributed by atoms with Crippen LogP contribution in [-0.4, -0.2) is 21.2 Å². The average molecular weight is 389 g/mol. The number of ether oxygens (including phenoxy) is 1. The van der Waals surface area contributed by atoms with Gasteiger partial charge < -0.3 is 9.30 Å². The first kappa shape index (κ1) is 18.9. The maximum atomic E-state index is 13.5. The van der Waals surface area contributed by atoms with Crippen LogP contribution in [0.25, 0.3) is 33.3 Å². The number of methoxy groups -OCH3 is 1. The molecule has 0 amide bonds. The molecular formula is C23H23N3O3. The first-order valence-corrected chi connectivity index (χ1v) is 9.59. The molecule has 0 bridgehead atoms. The van der Waals surface area contributed by atoms with Crippen molar-refractivity contribution in [1.29, 1.82) is 0 Å². The number of aromatic nitrogens is 3. The molecule has 0 unspecified atom stereocenters. The molecule has 0 saturated heterocycles. The van der Waals surface area contributed by atoms with Gasteiger partial charge in [0.05, 0.1) is 12.6 Å². The number of aryl methyl sites for hydroxylation is 1. The van der Waals surface area contributed by atoms with Gasteiger partial charge in [-0.25, -0.2) is 4.98 Å². The Labute approximate surface area is 168 Å². The summed E-state index contributed by atoms with van der Waals surface area (Å²) >= 11 is 0. The largest absolute Gasteiger partial charge is 0.497 e. The van der Waals surface area contributed by atoms with Crippen molar-refractivity contribution in [1.82, 2.24) is 14.1 Å². The van der Waals surface area contributed by atoms with Crippen LogP contribution < -0.4 is 15.7 Å². The summed E-state index contributed by atoms with van der Waals surface area (Å²) in [6, 6.07) is 14.7. The highest BCUT2D eigenvalue weighted by Crippen LogP contribution is 2.23. The van der Waals surface area contributed by atoms with Gasteiger partial charge in [0.15, 0.2) is 5.65 Å². The molecule has 0 fully saturated rings. The van der Waals surface area contributed by atoms with E-state index >= 15 is 0 Å². The highest BCUT2D eigenvalue weighted by Gasteiger charge is 2.19. The Bertz CT molecular complexity index is 1330. The molecular weight excluding hydrogens is 366 g/mol. The molecule has 0 aliphatic heterocycles. The molecule has 0 atom stereocenters. The Hall–Kier alpha value is -3.41. The van der Waals surface area contributed by atoms with Crippen LogP contribution in [0.1, 0.15) is 13.8 Å². The first-order valence-electron chi connectivity index (χ1n) is 9.59. The third kappa shape index (κ3) is 3.10. The monoisotopic (exact) mass is 389 g/mol. The van der Waals surface area contributed by atoms with Crippen molar-refractivity contribution in [2.45, 2.75) is 20.4 Å². The molecule has 0 radical (unpaired) electrons. The van der Waals surface area contributed by atoms with E-state index in [2.05, 4.69) is 0 Å². The predicted octanol–water partition coefficient (Wildman–Crippen LogP) is 3.58. The Morgan fingerprint density at radius 3 is 2.38 bits per heavy atom. The summed E-state index contributed by atoms with van der Waals surface area (Å²) in [5, 5.41) is 0.652.